The molecule has 1 aromatic heterocycles. The number of fused-ring (bicyclic) bond motifs is 1. The quantitative estimate of drug-likeness (QED) is 0.922. The molecule has 0 spiro atoms. The maximum absolute atomic E-state index is 5.60. The summed E-state index contributed by atoms with van der Waals surface area (Å²) in [6.07, 6.45) is 3.75. The van der Waals surface area contributed by atoms with Crippen molar-refractivity contribution in [3.05, 3.63) is 47.1 Å². The number of nitrogens with one attached hydrogen (secondary N) is 1. The summed E-state index contributed by atoms with van der Waals surface area (Å²) in [6, 6.07) is 8.52. The molecule has 0 saturated carbocycles. The van der Waals surface area contributed by atoms with Crippen molar-refractivity contribution in [1.82, 2.24) is 15.5 Å². The van der Waals surface area contributed by atoms with E-state index in [9.17, 15) is 0 Å². The van der Waals surface area contributed by atoms with E-state index < -0.39 is 0 Å². The Morgan fingerprint density at radius 2 is 2.19 bits per heavy atom. The van der Waals surface area contributed by atoms with Crippen molar-refractivity contribution in [3.8, 4) is 0 Å². The van der Waals surface area contributed by atoms with Gasteiger partial charge < -0.3 is 9.84 Å². The summed E-state index contributed by atoms with van der Waals surface area (Å²) in [6.45, 7) is 1.79. The molecule has 2 aliphatic heterocycles. The first-order chi connectivity index (χ1) is 10.4. The third kappa shape index (κ3) is 2.60. The minimum absolute atomic E-state index is 0.185. The molecule has 2 aliphatic rings. The molecule has 110 valence electrons. The molecule has 4 rings (SSSR count). The van der Waals surface area contributed by atoms with Gasteiger partial charge in [-0.1, -0.05) is 35.8 Å². The zero-order valence-electron chi connectivity index (χ0n) is 11.9. The van der Waals surface area contributed by atoms with Crippen molar-refractivity contribution in [2.75, 3.05) is 12.3 Å². The molecule has 4 nitrogen and oxygen atoms in total. The Kier molecular flexibility index (Phi) is 3.69. The first-order valence-corrected chi connectivity index (χ1v) is 8.70. The van der Waals surface area contributed by atoms with Gasteiger partial charge in [-0.3, -0.25) is 0 Å². The first-order valence-electron chi connectivity index (χ1n) is 7.65. The molecule has 5 heteroatoms. The predicted molar refractivity (Wildman–Crippen MR) is 83.3 cm³/mol. The highest BCUT2D eigenvalue weighted by atomic mass is 32.2. The van der Waals surface area contributed by atoms with Crippen LogP contribution in [0.1, 0.15) is 53.3 Å². The largest absolute Gasteiger partial charge is 0.339 e. The van der Waals surface area contributed by atoms with Gasteiger partial charge in [-0.05, 0) is 29.7 Å². The van der Waals surface area contributed by atoms with E-state index in [4.69, 9.17) is 9.51 Å². The minimum Gasteiger partial charge on any atom is -0.339 e. The van der Waals surface area contributed by atoms with Crippen molar-refractivity contribution in [1.29, 1.82) is 0 Å². The Balaban J connectivity index is 1.61. The fourth-order valence-corrected chi connectivity index (χ4v) is 4.41. The smallest absolute Gasteiger partial charge is 0.235 e. The van der Waals surface area contributed by atoms with Crippen molar-refractivity contribution < 1.29 is 4.52 Å². The van der Waals surface area contributed by atoms with Crippen LogP contribution in [0.4, 0.5) is 0 Å². The molecule has 1 saturated heterocycles. The standard InChI is InChI=1S/C16H19N3OS/c1-2-6-12-11(5-1)9-17-10-13(12)16-18-15(19-20-16)14-7-3-4-8-21-14/h1-2,5-6,13-14,17H,3-4,7-10H2. The van der Waals surface area contributed by atoms with Gasteiger partial charge in [0.15, 0.2) is 5.82 Å². The maximum atomic E-state index is 5.60. The Morgan fingerprint density at radius 1 is 1.24 bits per heavy atom. The van der Waals surface area contributed by atoms with Gasteiger partial charge in [0, 0.05) is 13.1 Å². The molecular weight excluding hydrogens is 282 g/mol. The maximum Gasteiger partial charge on any atom is 0.235 e. The van der Waals surface area contributed by atoms with Crippen LogP contribution in [0.15, 0.2) is 28.8 Å². The summed E-state index contributed by atoms with van der Waals surface area (Å²) in [5.41, 5.74) is 2.66. The average molecular weight is 301 g/mol. The fourth-order valence-electron chi connectivity index (χ4n) is 3.18. The van der Waals surface area contributed by atoms with Crippen LogP contribution in [0.25, 0.3) is 0 Å². The highest BCUT2D eigenvalue weighted by Gasteiger charge is 2.28. The molecular formula is C16H19N3OS. The number of thioether (sulfide) groups is 1. The van der Waals surface area contributed by atoms with Crippen molar-refractivity contribution in [2.45, 2.75) is 37.0 Å². The average Bonchev–Trinajstić information content (AvgIpc) is 3.05. The van der Waals surface area contributed by atoms with Crippen LogP contribution in [0, 0.1) is 0 Å². The SMILES string of the molecule is c1ccc2c(c1)CNCC2c1nc(C2CCCCS2)no1. The van der Waals surface area contributed by atoms with Crippen LogP contribution in [0.5, 0.6) is 0 Å². The topological polar surface area (TPSA) is 51.0 Å². The lowest BCUT2D eigenvalue weighted by Gasteiger charge is -2.23. The number of hydrogen-bond donors (Lipinski definition) is 1. The molecule has 2 aromatic rings. The summed E-state index contributed by atoms with van der Waals surface area (Å²) in [5, 5.41) is 8.12. The van der Waals surface area contributed by atoms with Gasteiger partial charge in [0.25, 0.3) is 0 Å². The first kappa shape index (κ1) is 13.3. The molecule has 0 amide bonds. The lowest BCUT2D eigenvalue weighted by molar-refractivity contribution is 0.351. The summed E-state index contributed by atoms with van der Waals surface area (Å²) in [7, 11) is 0. The molecule has 2 unspecified atom stereocenters. The Labute approximate surface area is 128 Å². The van der Waals surface area contributed by atoms with Crippen molar-refractivity contribution >= 4 is 11.8 Å². The van der Waals surface area contributed by atoms with E-state index >= 15 is 0 Å². The minimum atomic E-state index is 0.185. The predicted octanol–water partition coefficient (Wildman–Crippen LogP) is 3.26. The lowest BCUT2D eigenvalue weighted by Crippen LogP contribution is -2.28. The molecule has 0 radical (unpaired) electrons. The molecule has 3 heterocycles. The van der Waals surface area contributed by atoms with Crippen LogP contribution < -0.4 is 5.32 Å². The van der Waals surface area contributed by atoms with Gasteiger partial charge in [0.05, 0.1) is 11.2 Å². The Bertz CT molecular complexity index is 621. The summed E-state index contributed by atoms with van der Waals surface area (Å²) in [4.78, 5) is 4.72. The van der Waals surface area contributed by atoms with Gasteiger partial charge in [0.2, 0.25) is 5.89 Å². The van der Waals surface area contributed by atoms with E-state index in [1.807, 2.05) is 11.8 Å². The zero-order chi connectivity index (χ0) is 14.1. The second-order valence-corrected chi connectivity index (χ2v) is 7.04. The molecule has 1 fully saturated rings. The highest BCUT2D eigenvalue weighted by Crippen LogP contribution is 2.38. The molecule has 1 aromatic carbocycles. The Morgan fingerprint density at radius 3 is 3.10 bits per heavy atom. The van der Waals surface area contributed by atoms with Gasteiger partial charge in [-0.2, -0.15) is 16.7 Å². The van der Waals surface area contributed by atoms with E-state index in [1.54, 1.807) is 0 Å². The van der Waals surface area contributed by atoms with E-state index in [0.717, 1.165) is 24.8 Å². The van der Waals surface area contributed by atoms with Crippen molar-refractivity contribution in [2.24, 2.45) is 0 Å². The van der Waals surface area contributed by atoms with Gasteiger partial charge in [0.1, 0.15) is 0 Å². The van der Waals surface area contributed by atoms with Crippen LogP contribution in [-0.4, -0.2) is 22.4 Å². The number of benzene rings is 1. The van der Waals surface area contributed by atoms with Gasteiger partial charge >= 0.3 is 0 Å². The second kappa shape index (κ2) is 5.81. The Hall–Kier alpha value is -1.33. The summed E-state index contributed by atoms with van der Waals surface area (Å²) < 4.78 is 5.60. The fraction of sp³-hybridized carbons (Fsp3) is 0.500. The molecule has 2 atom stereocenters. The second-order valence-electron chi connectivity index (χ2n) is 5.73. The summed E-state index contributed by atoms with van der Waals surface area (Å²) in [5.74, 6) is 3.04. The number of hydrogen-bond acceptors (Lipinski definition) is 5. The third-order valence-electron chi connectivity index (χ3n) is 4.32. The van der Waals surface area contributed by atoms with Crippen LogP contribution >= 0.6 is 11.8 Å². The van der Waals surface area contributed by atoms with Crippen LogP contribution in [0.3, 0.4) is 0 Å². The van der Waals surface area contributed by atoms with Crippen LogP contribution in [-0.2, 0) is 6.54 Å². The normalized spacial score (nSPS) is 25.5. The molecule has 1 N–H and O–H groups in total. The van der Waals surface area contributed by atoms with Gasteiger partial charge in [-0.25, -0.2) is 0 Å². The monoisotopic (exact) mass is 301 g/mol. The lowest BCUT2D eigenvalue weighted by atomic mass is 9.91. The van der Waals surface area contributed by atoms with E-state index in [-0.39, 0.29) is 5.92 Å². The van der Waals surface area contributed by atoms with E-state index in [2.05, 4.69) is 34.7 Å². The number of nitrogens with zero attached hydrogens (tertiary/aromatic N) is 2. The highest BCUT2D eigenvalue weighted by molar-refractivity contribution is 7.99. The number of aromatic nitrogens is 2. The van der Waals surface area contributed by atoms with Crippen molar-refractivity contribution in [3.63, 3.8) is 0 Å². The van der Waals surface area contributed by atoms with Gasteiger partial charge in [-0.15, -0.1) is 0 Å². The van der Waals surface area contributed by atoms with Crippen LogP contribution in [0.2, 0.25) is 0 Å². The number of rotatable bonds is 2. The molecule has 0 bridgehead atoms. The molecule has 0 aliphatic carbocycles. The summed E-state index contributed by atoms with van der Waals surface area (Å²) >= 11 is 1.96. The zero-order valence-corrected chi connectivity index (χ0v) is 12.7. The van der Waals surface area contributed by atoms with E-state index in [0.29, 0.717) is 5.25 Å². The molecule has 21 heavy (non-hydrogen) atoms. The third-order valence-corrected chi connectivity index (χ3v) is 5.69. The van der Waals surface area contributed by atoms with E-state index in [1.165, 1.54) is 36.1 Å².